The van der Waals surface area contributed by atoms with Crippen molar-refractivity contribution in [1.82, 2.24) is 24.4 Å². The van der Waals surface area contributed by atoms with Crippen molar-refractivity contribution >= 4 is 16.9 Å². The lowest BCUT2D eigenvalue weighted by molar-refractivity contribution is 0.0706. The maximum atomic E-state index is 12.5. The average molecular weight is 321 g/mol. The van der Waals surface area contributed by atoms with E-state index in [1.54, 1.807) is 23.3 Å². The minimum Gasteiger partial charge on any atom is -0.340 e. The molecule has 1 aliphatic rings. The minimum atomic E-state index is 0.0159. The van der Waals surface area contributed by atoms with E-state index < -0.39 is 0 Å². The molecule has 0 aromatic carbocycles. The zero-order valence-corrected chi connectivity index (χ0v) is 13.6. The van der Waals surface area contributed by atoms with Crippen LogP contribution in [0.3, 0.4) is 0 Å². The van der Waals surface area contributed by atoms with Gasteiger partial charge in [0.1, 0.15) is 5.69 Å². The fourth-order valence-corrected chi connectivity index (χ4v) is 3.26. The summed E-state index contributed by atoms with van der Waals surface area (Å²) >= 11 is 0. The summed E-state index contributed by atoms with van der Waals surface area (Å²) in [4.78, 5) is 27.5. The van der Waals surface area contributed by atoms with E-state index in [0.29, 0.717) is 11.6 Å². The molecule has 0 aliphatic carbocycles. The van der Waals surface area contributed by atoms with Crippen molar-refractivity contribution < 1.29 is 4.79 Å². The molecule has 0 unspecified atom stereocenters. The molecular formula is C18H19N5O. The molecule has 6 nitrogen and oxygen atoms in total. The van der Waals surface area contributed by atoms with Crippen LogP contribution in [0, 0.1) is 0 Å². The number of aromatic nitrogens is 4. The Balaban J connectivity index is 1.46. The Morgan fingerprint density at radius 2 is 2.00 bits per heavy atom. The van der Waals surface area contributed by atoms with E-state index in [-0.39, 0.29) is 5.91 Å². The Morgan fingerprint density at radius 3 is 2.75 bits per heavy atom. The molecule has 0 spiro atoms. The Bertz CT molecular complexity index is 880. The van der Waals surface area contributed by atoms with Crippen molar-refractivity contribution in [1.29, 1.82) is 0 Å². The van der Waals surface area contributed by atoms with E-state index in [4.69, 9.17) is 4.98 Å². The Kier molecular flexibility index (Phi) is 3.72. The van der Waals surface area contributed by atoms with Gasteiger partial charge in [-0.25, -0.2) is 15.0 Å². The van der Waals surface area contributed by atoms with E-state index in [9.17, 15) is 4.79 Å². The van der Waals surface area contributed by atoms with Crippen LogP contribution in [0.4, 0.5) is 0 Å². The zero-order valence-electron chi connectivity index (χ0n) is 13.6. The van der Waals surface area contributed by atoms with E-state index in [1.165, 1.54) is 0 Å². The summed E-state index contributed by atoms with van der Waals surface area (Å²) in [6, 6.07) is 8.11. The second kappa shape index (κ2) is 6.03. The number of rotatable bonds is 2. The molecule has 3 aromatic heterocycles. The van der Waals surface area contributed by atoms with Gasteiger partial charge in [-0.1, -0.05) is 0 Å². The van der Waals surface area contributed by atoms with Crippen molar-refractivity contribution in [3.8, 4) is 0 Å². The first-order valence-electron chi connectivity index (χ1n) is 8.19. The minimum absolute atomic E-state index is 0.0159. The fourth-order valence-electron chi connectivity index (χ4n) is 3.26. The van der Waals surface area contributed by atoms with Gasteiger partial charge in [0.25, 0.3) is 5.91 Å². The number of carbonyl (C=O) groups is 1. The average Bonchev–Trinajstić information content (AvgIpc) is 3.07. The van der Waals surface area contributed by atoms with Gasteiger partial charge in [-0.15, -0.1) is 0 Å². The molecule has 0 saturated carbocycles. The fraction of sp³-hybridized carbons (Fsp3) is 0.333. The lowest BCUT2D eigenvalue weighted by Crippen LogP contribution is -2.38. The Hall–Kier alpha value is -2.76. The summed E-state index contributed by atoms with van der Waals surface area (Å²) < 4.78 is 1.80. The number of nitrogens with zero attached hydrogens (tertiary/aromatic N) is 5. The zero-order chi connectivity index (χ0) is 16.5. The molecule has 1 saturated heterocycles. The first kappa shape index (κ1) is 14.8. The summed E-state index contributed by atoms with van der Waals surface area (Å²) in [5.74, 6) is 0.395. The van der Waals surface area contributed by atoms with Crippen molar-refractivity contribution in [3.63, 3.8) is 0 Å². The third-order valence-corrected chi connectivity index (χ3v) is 4.61. The number of carbonyl (C=O) groups excluding carboxylic acids is 1. The number of fused-ring (bicyclic) bond motifs is 1. The van der Waals surface area contributed by atoms with Crippen molar-refractivity contribution in [2.45, 2.75) is 18.8 Å². The van der Waals surface area contributed by atoms with Gasteiger partial charge < -0.3 is 9.47 Å². The molecule has 0 atom stereocenters. The highest BCUT2D eigenvalue weighted by molar-refractivity contribution is 5.92. The number of likely N-dealkylation sites (tertiary alicyclic amines) is 1. The third kappa shape index (κ3) is 2.75. The highest BCUT2D eigenvalue weighted by atomic mass is 16.2. The number of hydrogen-bond donors (Lipinski definition) is 0. The number of pyridine rings is 2. The summed E-state index contributed by atoms with van der Waals surface area (Å²) in [7, 11) is 1.87. The largest absolute Gasteiger partial charge is 0.340 e. The molecule has 1 fully saturated rings. The van der Waals surface area contributed by atoms with Gasteiger partial charge in [0.2, 0.25) is 0 Å². The second-order valence-corrected chi connectivity index (χ2v) is 6.28. The van der Waals surface area contributed by atoms with E-state index >= 15 is 0 Å². The molecule has 1 aliphatic heterocycles. The number of hydrogen-bond acceptors (Lipinski definition) is 4. The van der Waals surface area contributed by atoms with Gasteiger partial charge in [-0.2, -0.15) is 0 Å². The Morgan fingerprint density at radius 1 is 1.17 bits per heavy atom. The van der Waals surface area contributed by atoms with Crippen LogP contribution in [0.5, 0.6) is 0 Å². The number of imidazole rings is 1. The lowest BCUT2D eigenvalue weighted by Gasteiger charge is -2.31. The second-order valence-electron chi connectivity index (χ2n) is 6.28. The predicted octanol–water partition coefficient (Wildman–Crippen LogP) is 2.38. The van der Waals surface area contributed by atoms with Crippen LogP contribution >= 0.6 is 0 Å². The smallest absolute Gasteiger partial charge is 0.274 e. The molecule has 0 bridgehead atoms. The lowest BCUT2D eigenvalue weighted by atomic mass is 9.92. The number of aryl methyl sites for hydroxylation is 1. The summed E-state index contributed by atoms with van der Waals surface area (Å²) in [5, 5.41) is 1.06. The molecule has 4 rings (SSSR count). The van der Waals surface area contributed by atoms with Crippen LogP contribution < -0.4 is 0 Å². The normalized spacial score (nSPS) is 15.8. The van der Waals surface area contributed by atoms with Gasteiger partial charge in [0.05, 0.1) is 6.33 Å². The monoisotopic (exact) mass is 321 g/mol. The van der Waals surface area contributed by atoms with Gasteiger partial charge >= 0.3 is 0 Å². The molecule has 122 valence electrons. The van der Waals surface area contributed by atoms with E-state index in [2.05, 4.69) is 22.1 Å². The first-order valence-corrected chi connectivity index (χ1v) is 8.19. The van der Waals surface area contributed by atoms with Crippen LogP contribution in [0.1, 0.15) is 34.9 Å². The van der Waals surface area contributed by atoms with Crippen LogP contribution in [-0.4, -0.2) is 43.4 Å². The maximum Gasteiger partial charge on any atom is 0.274 e. The number of piperidine rings is 1. The van der Waals surface area contributed by atoms with Gasteiger partial charge in [-0.05, 0) is 37.1 Å². The van der Waals surface area contributed by atoms with Crippen LogP contribution in [0.2, 0.25) is 0 Å². The molecule has 6 heteroatoms. The van der Waals surface area contributed by atoms with Crippen molar-refractivity contribution in [2.24, 2.45) is 7.05 Å². The first-order chi connectivity index (χ1) is 11.7. The third-order valence-electron chi connectivity index (χ3n) is 4.61. The van der Waals surface area contributed by atoms with Gasteiger partial charge in [-0.3, -0.25) is 4.79 Å². The van der Waals surface area contributed by atoms with Gasteiger partial charge in [0.15, 0.2) is 5.65 Å². The molecule has 24 heavy (non-hydrogen) atoms. The molecule has 1 amide bonds. The summed E-state index contributed by atoms with van der Waals surface area (Å²) in [6.07, 6.45) is 7.04. The van der Waals surface area contributed by atoms with Crippen molar-refractivity contribution in [3.05, 3.63) is 54.4 Å². The molecular weight excluding hydrogens is 302 g/mol. The van der Waals surface area contributed by atoms with Crippen LogP contribution in [-0.2, 0) is 7.05 Å². The molecule has 4 heterocycles. The highest BCUT2D eigenvalue weighted by Gasteiger charge is 2.26. The molecule has 0 radical (unpaired) electrons. The number of amides is 1. The van der Waals surface area contributed by atoms with Gasteiger partial charge in [0, 0.05) is 49.5 Å². The van der Waals surface area contributed by atoms with Crippen LogP contribution in [0.25, 0.3) is 11.0 Å². The molecule has 3 aromatic rings. The summed E-state index contributed by atoms with van der Waals surface area (Å²) in [5.41, 5.74) is 2.39. The molecule has 0 N–H and O–H groups in total. The van der Waals surface area contributed by atoms with Crippen molar-refractivity contribution in [2.75, 3.05) is 13.1 Å². The van der Waals surface area contributed by atoms with E-state index in [1.807, 2.05) is 24.1 Å². The quantitative estimate of drug-likeness (QED) is 0.727. The summed E-state index contributed by atoms with van der Waals surface area (Å²) in [6.45, 7) is 1.48. The predicted molar refractivity (Wildman–Crippen MR) is 90.6 cm³/mol. The topological polar surface area (TPSA) is 63.9 Å². The SMILES string of the molecule is Cn1cnc(C(=O)N2CCC(c3ccc4cccnc4n3)CC2)c1. The standard InChI is InChI=1S/C18H19N5O/c1-22-11-16(20-12-22)18(24)23-9-6-13(7-10-23)15-5-4-14-3-2-8-19-17(14)21-15/h2-5,8,11-13H,6-7,9-10H2,1H3. The highest BCUT2D eigenvalue weighted by Crippen LogP contribution is 2.28. The van der Waals surface area contributed by atoms with E-state index in [0.717, 1.165) is 42.7 Å². The van der Waals surface area contributed by atoms with Crippen LogP contribution in [0.15, 0.2) is 43.0 Å². The Labute approximate surface area is 140 Å². The maximum absolute atomic E-state index is 12.5.